The highest BCUT2D eigenvalue weighted by Crippen LogP contribution is 2.36. The number of benzene rings is 3. The van der Waals surface area contributed by atoms with Crippen molar-refractivity contribution in [3.05, 3.63) is 74.8 Å². The summed E-state index contributed by atoms with van der Waals surface area (Å²) >= 11 is 12.5. The summed E-state index contributed by atoms with van der Waals surface area (Å²) in [5, 5.41) is 19.0. The maximum atomic E-state index is 13.4. The summed E-state index contributed by atoms with van der Waals surface area (Å²) in [6, 6.07) is 14.7. The highest BCUT2D eigenvalue weighted by atomic mass is 35.5. The first-order valence-electron chi connectivity index (χ1n) is 11.6. The smallest absolute Gasteiger partial charge is 0.262 e. The van der Waals surface area contributed by atoms with Gasteiger partial charge in [0.1, 0.15) is 41.1 Å². The van der Waals surface area contributed by atoms with Crippen LogP contribution in [-0.4, -0.2) is 39.6 Å². The molecule has 196 valence electrons. The van der Waals surface area contributed by atoms with Gasteiger partial charge >= 0.3 is 0 Å². The molecule has 38 heavy (non-hydrogen) atoms. The molecule has 0 aromatic heterocycles. The lowest BCUT2D eigenvalue weighted by atomic mass is 10.1. The average molecular weight is 571 g/mol. The number of hydrogen-bond acceptors (Lipinski definition) is 7. The SMILES string of the molecule is Cc1cc(Oc2ccc(C#N)c(Cl)c2C#N)cc(C)c1S(=O)(=O)Nc1ccc(Cl)c(OC2CCN(C)C2)c1. The molecule has 1 N–H and O–H groups in total. The zero-order chi connectivity index (χ0) is 27.6. The number of aryl methyl sites for hydroxylation is 2. The molecule has 0 saturated carbocycles. The molecule has 0 amide bonds. The van der Waals surface area contributed by atoms with E-state index in [-0.39, 0.29) is 32.9 Å². The van der Waals surface area contributed by atoms with Gasteiger partial charge in [0, 0.05) is 19.2 Å². The molecule has 1 unspecified atom stereocenters. The molecule has 3 aromatic rings. The fraction of sp³-hybridized carbons (Fsp3) is 0.259. The third-order valence-corrected chi connectivity index (χ3v) is 8.48. The van der Waals surface area contributed by atoms with Gasteiger partial charge in [-0.15, -0.1) is 0 Å². The van der Waals surface area contributed by atoms with Crippen molar-refractivity contribution in [1.29, 1.82) is 10.5 Å². The van der Waals surface area contributed by atoms with Crippen LogP contribution in [-0.2, 0) is 10.0 Å². The number of anilines is 1. The van der Waals surface area contributed by atoms with Crippen LogP contribution < -0.4 is 14.2 Å². The number of ether oxygens (including phenoxy) is 2. The van der Waals surface area contributed by atoms with E-state index in [1.165, 1.54) is 12.1 Å². The molecule has 0 bridgehead atoms. The van der Waals surface area contributed by atoms with Crippen molar-refractivity contribution in [2.24, 2.45) is 0 Å². The third-order valence-electron chi connectivity index (χ3n) is 6.09. The van der Waals surface area contributed by atoms with Crippen LogP contribution in [0.15, 0.2) is 47.4 Å². The lowest BCUT2D eigenvalue weighted by Crippen LogP contribution is -2.21. The van der Waals surface area contributed by atoms with Crippen molar-refractivity contribution in [2.75, 3.05) is 24.9 Å². The van der Waals surface area contributed by atoms with Crippen LogP contribution in [0.4, 0.5) is 5.69 Å². The number of rotatable bonds is 7. The molecule has 1 heterocycles. The fourth-order valence-corrected chi connectivity index (χ4v) is 6.30. The number of sulfonamides is 1. The van der Waals surface area contributed by atoms with E-state index in [9.17, 15) is 13.7 Å². The van der Waals surface area contributed by atoms with E-state index in [0.29, 0.717) is 33.3 Å². The summed E-state index contributed by atoms with van der Waals surface area (Å²) in [7, 11) is -1.97. The van der Waals surface area contributed by atoms with Gasteiger partial charge in [-0.05, 0) is 74.8 Å². The van der Waals surface area contributed by atoms with Crippen molar-refractivity contribution >= 4 is 38.9 Å². The molecule has 1 saturated heterocycles. The van der Waals surface area contributed by atoms with Gasteiger partial charge in [-0.1, -0.05) is 23.2 Å². The lowest BCUT2D eigenvalue weighted by molar-refractivity contribution is 0.208. The zero-order valence-electron chi connectivity index (χ0n) is 20.9. The Balaban J connectivity index is 1.59. The predicted octanol–water partition coefficient (Wildman–Crippen LogP) is 6.03. The van der Waals surface area contributed by atoms with E-state index in [4.69, 9.17) is 37.9 Å². The highest BCUT2D eigenvalue weighted by Gasteiger charge is 2.24. The first-order valence-corrected chi connectivity index (χ1v) is 13.9. The Morgan fingerprint density at radius 2 is 1.74 bits per heavy atom. The van der Waals surface area contributed by atoms with E-state index in [1.54, 1.807) is 44.2 Å². The Bertz CT molecular complexity index is 1570. The summed E-state index contributed by atoms with van der Waals surface area (Å²) in [4.78, 5) is 2.25. The first kappa shape index (κ1) is 27.6. The Labute approximate surface area is 232 Å². The van der Waals surface area contributed by atoms with Gasteiger partial charge in [0.05, 0.1) is 26.2 Å². The van der Waals surface area contributed by atoms with Crippen LogP contribution in [0, 0.1) is 36.5 Å². The second-order valence-corrected chi connectivity index (χ2v) is 11.5. The van der Waals surface area contributed by atoms with Gasteiger partial charge in [0.2, 0.25) is 0 Å². The topological polar surface area (TPSA) is 115 Å². The number of likely N-dealkylation sites (N-methyl/N-ethyl adjacent to an activating group) is 1. The maximum absolute atomic E-state index is 13.4. The minimum absolute atomic E-state index is 0.00407. The Morgan fingerprint density at radius 1 is 1.03 bits per heavy atom. The molecule has 0 radical (unpaired) electrons. The van der Waals surface area contributed by atoms with Gasteiger partial charge in [-0.25, -0.2) is 8.42 Å². The van der Waals surface area contributed by atoms with E-state index >= 15 is 0 Å². The molecule has 3 aromatic carbocycles. The quantitative estimate of drug-likeness (QED) is 0.368. The second-order valence-electron chi connectivity index (χ2n) is 9.05. The number of nitrogens with zero attached hydrogens (tertiary/aromatic N) is 3. The van der Waals surface area contributed by atoms with Crippen LogP contribution in [0.3, 0.4) is 0 Å². The average Bonchev–Trinajstić information content (AvgIpc) is 3.25. The number of nitrogens with one attached hydrogen (secondary N) is 1. The fourth-order valence-electron chi connectivity index (χ4n) is 4.39. The second kappa shape index (κ2) is 11.1. The molecule has 1 aliphatic rings. The maximum Gasteiger partial charge on any atom is 0.262 e. The predicted molar refractivity (Wildman–Crippen MR) is 146 cm³/mol. The molecular formula is C27H24Cl2N4O4S. The zero-order valence-corrected chi connectivity index (χ0v) is 23.2. The molecule has 4 rings (SSSR count). The number of hydrogen-bond donors (Lipinski definition) is 1. The normalized spacial score (nSPS) is 15.5. The molecule has 8 nitrogen and oxygen atoms in total. The number of nitriles is 2. The highest BCUT2D eigenvalue weighted by molar-refractivity contribution is 7.92. The summed E-state index contributed by atoms with van der Waals surface area (Å²) in [6.07, 6.45) is 0.842. The van der Waals surface area contributed by atoms with Gasteiger partial charge in [0.25, 0.3) is 10.0 Å². The number of halogens is 2. The number of likely N-dealkylation sites (tertiary alicyclic amines) is 1. The summed E-state index contributed by atoms with van der Waals surface area (Å²) in [5.41, 5.74) is 1.36. The summed E-state index contributed by atoms with van der Waals surface area (Å²) < 4.78 is 41.3. The van der Waals surface area contributed by atoms with Crippen molar-refractivity contribution < 1.29 is 17.9 Å². The molecular weight excluding hydrogens is 547 g/mol. The third kappa shape index (κ3) is 5.82. The molecule has 0 aliphatic carbocycles. The van der Waals surface area contributed by atoms with Crippen molar-refractivity contribution in [3.63, 3.8) is 0 Å². The van der Waals surface area contributed by atoms with E-state index in [2.05, 4.69) is 9.62 Å². The first-order chi connectivity index (χ1) is 18.0. The van der Waals surface area contributed by atoms with Crippen molar-refractivity contribution in [2.45, 2.75) is 31.3 Å². The van der Waals surface area contributed by atoms with Crippen molar-refractivity contribution in [1.82, 2.24) is 4.90 Å². The van der Waals surface area contributed by atoms with Gasteiger partial charge in [-0.3, -0.25) is 4.72 Å². The summed E-state index contributed by atoms with van der Waals surface area (Å²) in [6.45, 7) is 4.99. The van der Waals surface area contributed by atoms with E-state index in [0.717, 1.165) is 19.5 Å². The molecule has 11 heteroatoms. The summed E-state index contributed by atoms with van der Waals surface area (Å²) in [5.74, 6) is 0.893. The van der Waals surface area contributed by atoms with Gasteiger partial charge in [-0.2, -0.15) is 10.5 Å². The van der Waals surface area contributed by atoms with Gasteiger partial charge in [0.15, 0.2) is 0 Å². The molecule has 1 aliphatic heterocycles. The van der Waals surface area contributed by atoms with Crippen LogP contribution in [0.1, 0.15) is 28.7 Å². The molecule has 1 atom stereocenters. The van der Waals surface area contributed by atoms with Gasteiger partial charge < -0.3 is 14.4 Å². The molecule has 1 fully saturated rings. The largest absolute Gasteiger partial charge is 0.487 e. The molecule has 0 spiro atoms. The minimum atomic E-state index is -3.98. The lowest BCUT2D eigenvalue weighted by Gasteiger charge is -2.18. The standard InChI is InChI=1S/C27H24Cl2N4O4S/c1-16-10-21(37-24-7-4-18(13-30)26(29)22(24)14-31)11-17(2)27(16)38(34,35)32-19-5-6-23(28)25(12-19)36-20-8-9-33(3)15-20/h4-7,10-12,20,32H,8-9,15H2,1-3H3. The van der Waals surface area contributed by atoms with Crippen LogP contribution in [0.5, 0.6) is 17.2 Å². The minimum Gasteiger partial charge on any atom is -0.487 e. The van der Waals surface area contributed by atoms with E-state index < -0.39 is 10.0 Å². The Hall–Kier alpha value is -3.47. The Morgan fingerprint density at radius 3 is 2.34 bits per heavy atom. The van der Waals surface area contributed by atoms with Crippen molar-refractivity contribution in [3.8, 4) is 29.4 Å². The van der Waals surface area contributed by atoms with Crippen LogP contribution in [0.25, 0.3) is 0 Å². The van der Waals surface area contributed by atoms with Crippen LogP contribution >= 0.6 is 23.2 Å². The van der Waals surface area contributed by atoms with E-state index in [1.807, 2.05) is 19.2 Å². The Kier molecular flexibility index (Phi) is 8.05. The monoisotopic (exact) mass is 570 g/mol. The van der Waals surface area contributed by atoms with Crippen LogP contribution in [0.2, 0.25) is 10.0 Å².